The number of benzene rings is 4. The van der Waals surface area contributed by atoms with Crippen LogP contribution in [0, 0.1) is 0 Å². The molecule has 0 saturated carbocycles. The van der Waals surface area contributed by atoms with Crippen LogP contribution < -0.4 is 0 Å². The number of aryl methyl sites for hydroxylation is 1. The van der Waals surface area contributed by atoms with E-state index in [1.54, 1.807) is 0 Å². The third-order valence-electron chi connectivity index (χ3n) is 6.00. The first-order valence-electron chi connectivity index (χ1n) is 9.40. The van der Waals surface area contributed by atoms with Crippen LogP contribution in [-0.2, 0) is 13.0 Å². The molecule has 26 heavy (non-hydrogen) atoms. The van der Waals surface area contributed by atoms with Crippen molar-refractivity contribution in [2.24, 2.45) is 0 Å². The summed E-state index contributed by atoms with van der Waals surface area (Å²) in [6.45, 7) is 3.24. The Morgan fingerprint density at radius 1 is 0.769 bits per heavy atom. The van der Waals surface area contributed by atoms with E-state index >= 15 is 0 Å². The predicted octanol–water partition coefficient (Wildman–Crippen LogP) is 6.54. The van der Waals surface area contributed by atoms with Gasteiger partial charge >= 0.3 is 0 Å². The zero-order valence-electron chi connectivity index (χ0n) is 14.8. The Morgan fingerprint density at radius 3 is 2.38 bits per heavy atom. The summed E-state index contributed by atoms with van der Waals surface area (Å²) < 4.78 is 2.47. The molecule has 0 bridgehead atoms. The molecular weight excluding hydrogens is 314 g/mol. The number of nitrogens with zero attached hydrogens (tertiary/aromatic N) is 1. The molecule has 4 aromatic carbocycles. The van der Waals surface area contributed by atoms with E-state index in [2.05, 4.69) is 84.3 Å². The van der Waals surface area contributed by atoms with Crippen LogP contribution in [0.4, 0.5) is 0 Å². The standard InChI is InChI=1S/C25H19N/c1-2-26-23-12-11-20-19-10-6-5-9-18(19)14-21(20)25(23)22-13-16-7-3-4-8-17(16)15-24(22)26/h3-13,15H,2,14H2,1H3. The first-order chi connectivity index (χ1) is 12.8. The van der Waals surface area contributed by atoms with Gasteiger partial charge in [0.15, 0.2) is 0 Å². The minimum Gasteiger partial charge on any atom is -0.341 e. The van der Waals surface area contributed by atoms with Crippen LogP contribution in [0.2, 0.25) is 0 Å². The lowest BCUT2D eigenvalue weighted by Gasteiger charge is -2.05. The van der Waals surface area contributed by atoms with Gasteiger partial charge in [0, 0.05) is 28.4 Å². The lowest BCUT2D eigenvalue weighted by molar-refractivity contribution is 0.827. The highest BCUT2D eigenvalue weighted by atomic mass is 15.0. The van der Waals surface area contributed by atoms with E-state index in [4.69, 9.17) is 0 Å². The maximum atomic E-state index is 2.47. The Labute approximate surface area is 152 Å². The van der Waals surface area contributed by atoms with E-state index < -0.39 is 0 Å². The molecule has 0 unspecified atom stereocenters. The molecule has 5 aromatic rings. The summed E-state index contributed by atoms with van der Waals surface area (Å²) >= 11 is 0. The van der Waals surface area contributed by atoms with Crippen molar-refractivity contribution in [1.29, 1.82) is 0 Å². The molecule has 1 heteroatoms. The SMILES string of the molecule is CCn1c2cc3ccccc3cc2c2c3c(ccc21)-c1ccccc1C3. The first kappa shape index (κ1) is 14.1. The molecule has 0 spiro atoms. The molecule has 1 aliphatic carbocycles. The summed E-state index contributed by atoms with van der Waals surface area (Å²) in [7, 11) is 0. The van der Waals surface area contributed by atoms with Crippen LogP contribution in [0.1, 0.15) is 18.1 Å². The molecular formula is C25H19N. The van der Waals surface area contributed by atoms with Crippen LogP contribution in [0.15, 0.2) is 72.8 Å². The highest BCUT2D eigenvalue weighted by Gasteiger charge is 2.23. The Balaban J connectivity index is 1.81. The maximum Gasteiger partial charge on any atom is 0.0497 e. The maximum absolute atomic E-state index is 2.47. The first-order valence-corrected chi connectivity index (χ1v) is 9.40. The van der Waals surface area contributed by atoms with E-state index in [1.807, 2.05) is 0 Å². The van der Waals surface area contributed by atoms with Crippen molar-refractivity contribution >= 4 is 32.6 Å². The topological polar surface area (TPSA) is 4.93 Å². The Morgan fingerprint density at radius 2 is 1.54 bits per heavy atom. The van der Waals surface area contributed by atoms with Gasteiger partial charge in [0.1, 0.15) is 0 Å². The van der Waals surface area contributed by atoms with E-state index in [0.717, 1.165) is 13.0 Å². The van der Waals surface area contributed by atoms with E-state index in [9.17, 15) is 0 Å². The molecule has 1 aliphatic rings. The van der Waals surface area contributed by atoms with Gasteiger partial charge in [-0.1, -0.05) is 54.6 Å². The van der Waals surface area contributed by atoms with Gasteiger partial charge in [0.05, 0.1) is 0 Å². The van der Waals surface area contributed by atoms with Crippen LogP contribution in [-0.4, -0.2) is 4.57 Å². The van der Waals surface area contributed by atoms with E-state index in [-0.39, 0.29) is 0 Å². The van der Waals surface area contributed by atoms with Crippen molar-refractivity contribution in [2.45, 2.75) is 19.9 Å². The number of hydrogen-bond donors (Lipinski definition) is 0. The van der Waals surface area contributed by atoms with Crippen molar-refractivity contribution in [3.05, 3.63) is 83.9 Å². The third kappa shape index (κ3) is 1.70. The van der Waals surface area contributed by atoms with Crippen molar-refractivity contribution in [2.75, 3.05) is 0 Å². The van der Waals surface area contributed by atoms with Gasteiger partial charge in [-0.25, -0.2) is 0 Å². The predicted molar refractivity (Wildman–Crippen MR) is 111 cm³/mol. The number of fused-ring (bicyclic) bond motifs is 8. The second kappa shape index (κ2) is 4.98. The minimum absolute atomic E-state index is 0.990. The Hall–Kier alpha value is -3.06. The van der Waals surface area contributed by atoms with Crippen LogP contribution >= 0.6 is 0 Å². The monoisotopic (exact) mass is 333 g/mol. The minimum atomic E-state index is 0.990. The summed E-state index contributed by atoms with van der Waals surface area (Å²) in [5.41, 5.74) is 8.48. The largest absolute Gasteiger partial charge is 0.341 e. The smallest absolute Gasteiger partial charge is 0.0497 e. The summed E-state index contributed by atoms with van der Waals surface area (Å²) in [5.74, 6) is 0. The highest BCUT2D eigenvalue weighted by molar-refractivity contribution is 6.15. The second-order valence-electron chi connectivity index (χ2n) is 7.28. The van der Waals surface area contributed by atoms with E-state index in [1.165, 1.54) is 54.8 Å². The molecule has 1 nitrogen and oxygen atoms in total. The normalized spacial score (nSPS) is 12.8. The van der Waals surface area contributed by atoms with E-state index in [0.29, 0.717) is 0 Å². The molecule has 0 radical (unpaired) electrons. The molecule has 0 saturated heterocycles. The fourth-order valence-corrected chi connectivity index (χ4v) is 4.85. The Kier molecular flexibility index (Phi) is 2.71. The highest BCUT2D eigenvalue weighted by Crippen LogP contribution is 2.44. The zero-order valence-corrected chi connectivity index (χ0v) is 14.8. The molecule has 0 N–H and O–H groups in total. The molecule has 1 heterocycles. The average molecular weight is 333 g/mol. The summed E-state index contributed by atoms with van der Waals surface area (Å²) in [6, 6.07) is 27.0. The third-order valence-corrected chi connectivity index (χ3v) is 6.00. The van der Waals surface area contributed by atoms with Crippen LogP contribution in [0.25, 0.3) is 43.7 Å². The molecule has 1 aromatic heterocycles. The average Bonchev–Trinajstić information content (AvgIpc) is 3.21. The summed E-state index contributed by atoms with van der Waals surface area (Å²) in [4.78, 5) is 0. The van der Waals surface area contributed by atoms with Gasteiger partial charge in [-0.3, -0.25) is 0 Å². The molecule has 0 fully saturated rings. The van der Waals surface area contributed by atoms with Gasteiger partial charge in [-0.05, 0) is 64.6 Å². The van der Waals surface area contributed by atoms with Crippen molar-refractivity contribution in [1.82, 2.24) is 4.57 Å². The summed E-state index contributed by atoms with van der Waals surface area (Å²) in [5, 5.41) is 5.48. The molecule has 0 atom stereocenters. The number of hydrogen-bond acceptors (Lipinski definition) is 0. The molecule has 6 rings (SSSR count). The molecule has 124 valence electrons. The molecule has 0 aliphatic heterocycles. The van der Waals surface area contributed by atoms with Crippen LogP contribution in [0.5, 0.6) is 0 Å². The van der Waals surface area contributed by atoms with Crippen molar-refractivity contribution in [3.63, 3.8) is 0 Å². The van der Waals surface area contributed by atoms with Crippen molar-refractivity contribution < 1.29 is 0 Å². The number of rotatable bonds is 1. The van der Waals surface area contributed by atoms with Gasteiger partial charge < -0.3 is 4.57 Å². The van der Waals surface area contributed by atoms with Gasteiger partial charge in [0.25, 0.3) is 0 Å². The Bertz CT molecular complexity index is 1340. The van der Waals surface area contributed by atoms with Crippen LogP contribution in [0.3, 0.4) is 0 Å². The summed E-state index contributed by atoms with van der Waals surface area (Å²) in [6.07, 6.45) is 1.04. The molecule has 0 amide bonds. The zero-order chi connectivity index (χ0) is 17.3. The lowest BCUT2D eigenvalue weighted by Crippen LogP contribution is -1.93. The lowest BCUT2D eigenvalue weighted by atomic mass is 9.99. The number of aromatic nitrogens is 1. The van der Waals surface area contributed by atoms with Crippen molar-refractivity contribution in [3.8, 4) is 11.1 Å². The van der Waals surface area contributed by atoms with Gasteiger partial charge in [-0.2, -0.15) is 0 Å². The fraction of sp³-hybridized carbons (Fsp3) is 0.120. The van der Waals surface area contributed by atoms with Gasteiger partial charge in [0.2, 0.25) is 0 Å². The quantitative estimate of drug-likeness (QED) is 0.322. The second-order valence-corrected chi connectivity index (χ2v) is 7.28. The fourth-order valence-electron chi connectivity index (χ4n) is 4.85. The van der Waals surface area contributed by atoms with Gasteiger partial charge in [-0.15, -0.1) is 0 Å².